The summed E-state index contributed by atoms with van der Waals surface area (Å²) in [6, 6.07) is 17.5. The summed E-state index contributed by atoms with van der Waals surface area (Å²) in [7, 11) is 0. The van der Waals surface area contributed by atoms with Gasteiger partial charge in [-0.3, -0.25) is 9.59 Å². The van der Waals surface area contributed by atoms with E-state index in [1.807, 2.05) is 6.07 Å². The van der Waals surface area contributed by atoms with E-state index in [1.54, 1.807) is 48.5 Å². The minimum absolute atomic E-state index is 0.0325. The largest absolute Gasteiger partial charge is 0.417 e. The Hall–Kier alpha value is -3.13. The summed E-state index contributed by atoms with van der Waals surface area (Å²) in [4.78, 5) is 28.3. The van der Waals surface area contributed by atoms with Crippen LogP contribution in [0.4, 0.5) is 18.9 Å². The summed E-state index contributed by atoms with van der Waals surface area (Å²) in [6.07, 6.45) is -3.71. The van der Waals surface area contributed by atoms with Crippen molar-refractivity contribution in [1.29, 1.82) is 0 Å². The Morgan fingerprint density at radius 2 is 1.66 bits per heavy atom. The first-order valence-corrected chi connectivity index (χ1v) is 9.47. The zero-order valence-corrected chi connectivity index (χ0v) is 15.8. The molecular weight excluding hydrogens is 401 g/mol. The number of thioether (sulfide) groups is 1. The number of pyridine rings is 1. The lowest BCUT2D eigenvalue weighted by Crippen LogP contribution is -2.14. The Morgan fingerprint density at radius 1 is 0.931 bits per heavy atom. The third-order valence-electron chi connectivity index (χ3n) is 3.86. The van der Waals surface area contributed by atoms with E-state index in [4.69, 9.17) is 0 Å². The van der Waals surface area contributed by atoms with Crippen LogP contribution in [0, 0.1) is 0 Å². The number of anilines is 1. The Morgan fingerprint density at radius 3 is 2.31 bits per heavy atom. The van der Waals surface area contributed by atoms with Gasteiger partial charge in [-0.15, -0.1) is 0 Å². The van der Waals surface area contributed by atoms with Crippen molar-refractivity contribution in [1.82, 2.24) is 4.98 Å². The van der Waals surface area contributed by atoms with Gasteiger partial charge in [0.1, 0.15) is 0 Å². The Labute approximate surface area is 169 Å². The standard InChI is InChI=1S/C21H15F3N2O2S/c22-21(23,24)16-9-10-19(25-12-16)29-13-18(27)26-17-8-4-7-15(11-17)20(28)14-5-2-1-3-6-14/h1-12H,13H2,(H,26,27). The molecule has 0 saturated heterocycles. The number of alkyl halides is 3. The van der Waals surface area contributed by atoms with Crippen LogP contribution in [0.2, 0.25) is 0 Å². The van der Waals surface area contributed by atoms with Gasteiger partial charge in [0.2, 0.25) is 5.91 Å². The zero-order chi connectivity index (χ0) is 20.9. The van der Waals surface area contributed by atoms with Gasteiger partial charge >= 0.3 is 6.18 Å². The van der Waals surface area contributed by atoms with E-state index in [0.29, 0.717) is 21.8 Å². The van der Waals surface area contributed by atoms with Crippen molar-refractivity contribution in [3.63, 3.8) is 0 Å². The number of hydrogen-bond donors (Lipinski definition) is 1. The molecule has 1 heterocycles. The van der Waals surface area contributed by atoms with Crippen molar-refractivity contribution in [2.75, 3.05) is 11.1 Å². The fourth-order valence-electron chi connectivity index (χ4n) is 2.46. The topological polar surface area (TPSA) is 59.1 Å². The van der Waals surface area contributed by atoms with Crippen LogP contribution in [-0.4, -0.2) is 22.4 Å². The summed E-state index contributed by atoms with van der Waals surface area (Å²) < 4.78 is 37.6. The van der Waals surface area contributed by atoms with Gasteiger partial charge in [0, 0.05) is 23.0 Å². The monoisotopic (exact) mass is 416 g/mol. The van der Waals surface area contributed by atoms with E-state index in [0.717, 1.165) is 24.0 Å². The van der Waals surface area contributed by atoms with Crippen LogP contribution >= 0.6 is 11.8 Å². The highest BCUT2D eigenvalue weighted by molar-refractivity contribution is 7.99. The highest BCUT2D eigenvalue weighted by atomic mass is 32.2. The van der Waals surface area contributed by atoms with Gasteiger partial charge in [-0.25, -0.2) is 4.98 Å². The fourth-order valence-corrected chi connectivity index (χ4v) is 3.11. The SMILES string of the molecule is O=C(CSc1ccc(C(F)(F)F)cn1)Nc1cccc(C(=O)c2ccccc2)c1. The first-order chi connectivity index (χ1) is 13.8. The molecule has 3 rings (SSSR count). The van der Waals surface area contributed by atoms with E-state index < -0.39 is 11.7 Å². The number of carbonyl (C=O) groups is 2. The molecule has 0 bridgehead atoms. The second-order valence-electron chi connectivity index (χ2n) is 6.00. The smallest absolute Gasteiger partial charge is 0.325 e. The second kappa shape index (κ2) is 8.91. The number of benzene rings is 2. The van der Waals surface area contributed by atoms with Crippen molar-refractivity contribution < 1.29 is 22.8 Å². The first kappa shape index (κ1) is 20.6. The van der Waals surface area contributed by atoms with Crippen LogP contribution in [-0.2, 0) is 11.0 Å². The van der Waals surface area contributed by atoms with E-state index in [2.05, 4.69) is 10.3 Å². The molecule has 148 valence electrons. The Balaban J connectivity index is 1.59. The molecule has 1 N–H and O–H groups in total. The second-order valence-corrected chi connectivity index (χ2v) is 6.99. The summed E-state index contributed by atoms with van der Waals surface area (Å²) in [6.45, 7) is 0. The molecule has 0 saturated carbocycles. The number of ketones is 1. The Bertz CT molecular complexity index is 1010. The van der Waals surface area contributed by atoms with Crippen LogP contribution < -0.4 is 5.32 Å². The zero-order valence-electron chi connectivity index (χ0n) is 14.9. The van der Waals surface area contributed by atoms with Gasteiger partial charge in [0.25, 0.3) is 0 Å². The molecule has 8 heteroatoms. The number of hydrogen-bond acceptors (Lipinski definition) is 4. The van der Waals surface area contributed by atoms with Crippen LogP contribution in [0.25, 0.3) is 0 Å². The summed E-state index contributed by atoms with van der Waals surface area (Å²) >= 11 is 1.02. The van der Waals surface area contributed by atoms with Crippen molar-refractivity contribution in [2.24, 2.45) is 0 Å². The first-order valence-electron chi connectivity index (χ1n) is 8.48. The predicted octanol–water partition coefficient (Wildman–Crippen LogP) is 5.06. The predicted molar refractivity (Wildman–Crippen MR) is 105 cm³/mol. The van der Waals surface area contributed by atoms with Crippen molar-refractivity contribution in [3.8, 4) is 0 Å². The third-order valence-corrected chi connectivity index (χ3v) is 4.80. The molecule has 29 heavy (non-hydrogen) atoms. The average Bonchev–Trinajstić information content (AvgIpc) is 2.72. The molecule has 0 atom stereocenters. The normalized spacial score (nSPS) is 11.1. The van der Waals surface area contributed by atoms with Crippen molar-refractivity contribution in [2.45, 2.75) is 11.2 Å². The van der Waals surface area contributed by atoms with Crippen LogP contribution in [0.5, 0.6) is 0 Å². The molecule has 0 spiro atoms. The van der Waals surface area contributed by atoms with E-state index in [1.165, 1.54) is 6.07 Å². The van der Waals surface area contributed by atoms with Gasteiger partial charge in [-0.05, 0) is 24.3 Å². The fraction of sp³-hybridized carbons (Fsp3) is 0.0952. The molecule has 0 aliphatic heterocycles. The van der Waals surface area contributed by atoms with Crippen molar-refractivity contribution in [3.05, 3.63) is 89.6 Å². The number of rotatable bonds is 6. The number of nitrogens with one attached hydrogen (secondary N) is 1. The van der Waals surface area contributed by atoms with Crippen LogP contribution in [0.3, 0.4) is 0 Å². The lowest BCUT2D eigenvalue weighted by Gasteiger charge is -2.08. The molecule has 4 nitrogen and oxygen atoms in total. The lowest BCUT2D eigenvalue weighted by molar-refractivity contribution is -0.137. The highest BCUT2D eigenvalue weighted by Gasteiger charge is 2.30. The van der Waals surface area contributed by atoms with Gasteiger partial charge in [0.15, 0.2) is 5.78 Å². The molecule has 0 fully saturated rings. The van der Waals surface area contributed by atoms with Crippen molar-refractivity contribution >= 4 is 29.1 Å². The maximum Gasteiger partial charge on any atom is 0.417 e. The molecule has 1 amide bonds. The van der Waals surface area contributed by atoms with E-state index >= 15 is 0 Å². The average molecular weight is 416 g/mol. The lowest BCUT2D eigenvalue weighted by atomic mass is 10.0. The van der Waals surface area contributed by atoms with Gasteiger partial charge < -0.3 is 5.32 Å². The van der Waals surface area contributed by atoms with Gasteiger partial charge in [-0.1, -0.05) is 54.2 Å². The summed E-state index contributed by atoms with van der Waals surface area (Å²) in [5, 5.41) is 2.98. The number of aromatic nitrogens is 1. The minimum atomic E-state index is -4.45. The van der Waals surface area contributed by atoms with Gasteiger partial charge in [0.05, 0.1) is 16.3 Å². The molecule has 0 aliphatic rings. The maximum atomic E-state index is 12.5. The maximum absolute atomic E-state index is 12.5. The number of amides is 1. The van der Waals surface area contributed by atoms with E-state index in [9.17, 15) is 22.8 Å². The Kier molecular flexibility index (Phi) is 6.33. The quantitative estimate of drug-likeness (QED) is 0.451. The molecule has 0 radical (unpaired) electrons. The molecule has 0 unspecified atom stereocenters. The molecule has 1 aromatic heterocycles. The summed E-state index contributed by atoms with van der Waals surface area (Å²) in [5.41, 5.74) is 0.593. The van der Waals surface area contributed by atoms with Crippen LogP contribution in [0.15, 0.2) is 78.0 Å². The molecule has 0 aliphatic carbocycles. The molecule has 2 aromatic carbocycles. The number of halogens is 3. The summed E-state index contributed by atoms with van der Waals surface area (Å²) in [5.74, 6) is -0.555. The highest BCUT2D eigenvalue weighted by Crippen LogP contribution is 2.29. The third kappa shape index (κ3) is 5.68. The van der Waals surface area contributed by atoms with E-state index in [-0.39, 0.29) is 17.4 Å². The number of nitrogens with zero attached hydrogens (tertiary/aromatic N) is 1. The number of carbonyl (C=O) groups excluding carboxylic acids is 2. The minimum Gasteiger partial charge on any atom is -0.325 e. The molecular formula is C21H15F3N2O2S. The van der Waals surface area contributed by atoms with Gasteiger partial charge in [-0.2, -0.15) is 13.2 Å². The molecule has 3 aromatic rings. The van der Waals surface area contributed by atoms with Crippen LogP contribution in [0.1, 0.15) is 21.5 Å².